The van der Waals surface area contributed by atoms with Crippen molar-refractivity contribution in [1.29, 1.82) is 0 Å². The van der Waals surface area contributed by atoms with E-state index in [1.807, 2.05) is 26.8 Å². The molecule has 2 rings (SSSR count). The van der Waals surface area contributed by atoms with Crippen LogP contribution in [0, 0.1) is 20.8 Å². The van der Waals surface area contributed by atoms with Crippen LogP contribution in [0.25, 0.3) is 0 Å². The van der Waals surface area contributed by atoms with Crippen LogP contribution in [-0.4, -0.2) is 40.4 Å². The molecule has 156 valence electrons. The standard InChI is InChI=1S/C21H25NO6S/c1-12-9-14(3)17(10-13(12)2)20(23)15(4)28-21(24)16-7-8-18(27-6)19(11-16)29(25,26)22-5/h7-11,15,22H,1-6H3/t15-/m0/s1. The minimum absolute atomic E-state index is 0.00363. The number of hydrogen-bond acceptors (Lipinski definition) is 6. The van der Waals surface area contributed by atoms with Crippen molar-refractivity contribution in [3.05, 3.63) is 58.1 Å². The van der Waals surface area contributed by atoms with Gasteiger partial charge in [0.2, 0.25) is 15.8 Å². The first-order chi connectivity index (χ1) is 13.5. The Labute approximate surface area is 171 Å². The highest BCUT2D eigenvalue weighted by Crippen LogP contribution is 2.25. The van der Waals surface area contributed by atoms with E-state index in [2.05, 4.69) is 4.72 Å². The Hall–Kier alpha value is -2.71. The number of Topliss-reactive ketones (excluding diaryl/α,β-unsaturated/α-hetero) is 1. The van der Waals surface area contributed by atoms with E-state index in [1.54, 1.807) is 6.07 Å². The molecule has 0 aliphatic carbocycles. The molecule has 2 aromatic carbocycles. The summed E-state index contributed by atoms with van der Waals surface area (Å²) in [6.45, 7) is 7.18. The van der Waals surface area contributed by atoms with Gasteiger partial charge in [-0.15, -0.1) is 0 Å². The number of methoxy groups -OCH3 is 1. The highest BCUT2D eigenvalue weighted by Gasteiger charge is 2.25. The third-order valence-corrected chi connectivity index (χ3v) is 6.15. The molecule has 8 heteroatoms. The van der Waals surface area contributed by atoms with E-state index >= 15 is 0 Å². The molecular formula is C21H25NO6S. The molecule has 0 aliphatic rings. The number of sulfonamides is 1. The molecule has 0 amide bonds. The van der Waals surface area contributed by atoms with Crippen LogP contribution in [-0.2, 0) is 14.8 Å². The Morgan fingerprint density at radius 2 is 1.62 bits per heavy atom. The van der Waals surface area contributed by atoms with Gasteiger partial charge in [-0.1, -0.05) is 6.07 Å². The Bertz CT molecular complexity index is 1060. The second-order valence-electron chi connectivity index (χ2n) is 6.74. The second kappa shape index (κ2) is 8.75. The third-order valence-electron chi connectivity index (χ3n) is 4.72. The molecule has 2 aromatic rings. The van der Waals surface area contributed by atoms with E-state index < -0.39 is 22.1 Å². The van der Waals surface area contributed by atoms with Crippen LogP contribution in [0.15, 0.2) is 35.2 Å². The summed E-state index contributed by atoms with van der Waals surface area (Å²) in [4.78, 5) is 25.1. The predicted octanol–water partition coefficient (Wildman–Crippen LogP) is 2.96. The van der Waals surface area contributed by atoms with Crippen LogP contribution in [0.4, 0.5) is 0 Å². The number of carbonyl (C=O) groups excluding carboxylic acids is 2. The average molecular weight is 419 g/mol. The highest BCUT2D eigenvalue weighted by atomic mass is 32.2. The molecule has 0 bridgehead atoms. The number of ether oxygens (including phenoxy) is 2. The summed E-state index contributed by atoms with van der Waals surface area (Å²) in [5, 5.41) is 0. The van der Waals surface area contributed by atoms with Crippen LogP contribution in [0.1, 0.15) is 44.3 Å². The fourth-order valence-electron chi connectivity index (χ4n) is 2.85. The van der Waals surface area contributed by atoms with Crippen molar-refractivity contribution < 1.29 is 27.5 Å². The van der Waals surface area contributed by atoms with Gasteiger partial charge in [0.25, 0.3) is 0 Å². The fraction of sp³-hybridized carbons (Fsp3) is 0.333. The molecule has 1 N–H and O–H groups in total. The Balaban J connectivity index is 2.29. The lowest BCUT2D eigenvalue weighted by atomic mass is 9.96. The molecule has 7 nitrogen and oxygen atoms in total. The van der Waals surface area contributed by atoms with Gasteiger partial charge in [0.1, 0.15) is 10.6 Å². The van der Waals surface area contributed by atoms with E-state index in [9.17, 15) is 18.0 Å². The molecule has 0 heterocycles. The summed E-state index contributed by atoms with van der Waals surface area (Å²) in [6, 6.07) is 7.60. The molecule has 0 radical (unpaired) electrons. The molecular weight excluding hydrogens is 394 g/mol. The molecule has 29 heavy (non-hydrogen) atoms. The van der Waals surface area contributed by atoms with Crippen LogP contribution >= 0.6 is 0 Å². The van der Waals surface area contributed by atoms with Gasteiger partial charge in [0.15, 0.2) is 6.10 Å². The van der Waals surface area contributed by atoms with Crippen LogP contribution in [0.2, 0.25) is 0 Å². The number of esters is 1. The van der Waals surface area contributed by atoms with Crippen LogP contribution in [0.3, 0.4) is 0 Å². The van der Waals surface area contributed by atoms with E-state index in [1.165, 1.54) is 33.2 Å². The van der Waals surface area contributed by atoms with E-state index in [0.717, 1.165) is 22.8 Å². The quantitative estimate of drug-likeness (QED) is 0.547. The summed E-state index contributed by atoms with van der Waals surface area (Å²) in [5.74, 6) is -1.04. The SMILES string of the molecule is CNS(=O)(=O)c1cc(C(=O)O[C@@H](C)C(=O)c2cc(C)c(C)cc2C)ccc1OC. The second-order valence-corrected chi connectivity index (χ2v) is 8.59. The topological polar surface area (TPSA) is 98.8 Å². The number of nitrogens with one attached hydrogen (secondary N) is 1. The van der Waals surface area contributed by atoms with Gasteiger partial charge in [0.05, 0.1) is 12.7 Å². The number of carbonyl (C=O) groups is 2. The summed E-state index contributed by atoms with van der Waals surface area (Å²) in [6.07, 6.45) is -1.03. The largest absolute Gasteiger partial charge is 0.495 e. The van der Waals surface area contributed by atoms with Gasteiger partial charge in [-0.05, 0) is 75.7 Å². The molecule has 0 aromatic heterocycles. The fourth-order valence-corrected chi connectivity index (χ4v) is 3.77. The van der Waals surface area contributed by atoms with Gasteiger partial charge < -0.3 is 9.47 Å². The average Bonchev–Trinajstić information content (AvgIpc) is 2.69. The minimum Gasteiger partial charge on any atom is -0.495 e. The van der Waals surface area contributed by atoms with E-state index in [4.69, 9.17) is 9.47 Å². The molecule has 0 unspecified atom stereocenters. The first-order valence-corrected chi connectivity index (χ1v) is 10.4. The van der Waals surface area contributed by atoms with Crippen molar-refractivity contribution >= 4 is 21.8 Å². The molecule has 0 fully saturated rings. The van der Waals surface area contributed by atoms with Crippen molar-refractivity contribution in [3.63, 3.8) is 0 Å². The smallest absolute Gasteiger partial charge is 0.338 e. The van der Waals surface area contributed by atoms with Crippen LogP contribution in [0.5, 0.6) is 5.75 Å². The maximum Gasteiger partial charge on any atom is 0.338 e. The number of aryl methyl sites for hydroxylation is 3. The number of ketones is 1. The zero-order chi connectivity index (χ0) is 21.9. The molecule has 0 saturated heterocycles. The van der Waals surface area contributed by atoms with Crippen molar-refractivity contribution in [2.24, 2.45) is 0 Å². The van der Waals surface area contributed by atoms with Gasteiger partial charge in [0, 0.05) is 5.56 Å². The molecule has 0 aliphatic heterocycles. The Morgan fingerprint density at radius 1 is 1.00 bits per heavy atom. The first-order valence-electron chi connectivity index (χ1n) is 8.96. The lowest BCUT2D eigenvalue weighted by molar-refractivity contribution is 0.0318. The third kappa shape index (κ3) is 4.83. The lowest BCUT2D eigenvalue weighted by Crippen LogP contribution is -2.25. The summed E-state index contributed by atoms with van der Waals surface area (Å²) in [7, 11) is -1.26. The summed E-state index contributed by atoms with van der Waals surface area (Å²) < 4.78 is 36.9. The molecule has 0 spiro atoms. The highest BCUT2D eigenvalue weighted by molar-refractivity contribution is 7.89. The van der Waals surface area contributed by atoms with Gasteiger partial charge in [-0.3, -0.25) is 4.79 Å². The van der Waals surface area contributed by atoms with E-state index in [-0.39, 0.29) is 22.0 Å². The Kier molecular flexibility index (Phi) is 6.81. The number of benzene rings is 2. The van der Waals surface area contributed by atoms with Crippen molar-refractivity contribution in [1.82, 2.24) is 4.72 Å². The maximum absolute atomic E-state index is 12.8. The zero-order valence-electron chi connectivity index (χ0n) is 17.3. The first kappa shape index (κ1) is 22.6. The maximum atomic E-state index is 12.8. The van der Waals surface area contributed by atoms with Gasteiger partial charge in [-0.25, -0.2) is 17.9 Å². The van der Waals surface area contributed by atoms with Crippen molar-refractivity contribution in [2.75, 3.05) is 14.2 Å². The predicted molar refractivity (Wildman–Crippen MR) is 109 cm³/mol. The van der Waals surface area contributed by atoms with Crippen LogP contribution < -0.4 is 9.46 Å². The van der Waals surface area contributed by atoms with E-state index in [0.29, 0.717) is 5.56 Å². The van der Waals surface area contributed by atoms with Crippen molar-refractivity contribution in [3.8, 4) is 5.75 Å². The molecule has 1 atom stereocenters. The summed E-state index contributed by atoms with van der Waals surface area (Å²) in [5.41, 5.74) is 3.32. The van der Waals surface area contributed by atoms with Gasteiger partial charge in [-0.2, -0.15) is 0 Å². The minimum atomic E-state index is -3.85. The van der Waals surface area contributed by atoms with Gasteiger partial charge >= 0.3 is 5.97 Å². The normalized spacial score (nSPS) is 12.3. The van der Waals surface area contributed by atoms with Crippen molar-refractivity contribution in [2.45, 2.75) is 38.7 Å². The Morgan fingerprint density at radius 3 is 2.21 bits per heavy atom. The summed E-state index contributed by atoms with van der Waals surface area (Å²) >= 11 is 0. The number of rotatable bonds is 7. The lowest BCUT2D eigenvalue weighted by Gasteiger charge is -2.16. The molecule has 0 saturated carbocycles. The number of hydrogen-bond donors (Lipinski definition) is 1. The monoisotopic (exact) mass is 419 g/mol. The zero-order valence-corrected chi connectivity index (χ0v) is 18.1.